The smallest absolute Gasteiger partial charge is 0.224 e. The third-order valence-corrected chi connectivity index (χ3v) is 6.41. The molecule has 2 nitrogen and oxygen atoms in total. The average Bonchev–Trinajstić information content (AvgIpc) is 3.34. The van der Waals surface area contributed by atoms with Crippen molar-refractivity contribution in [3.63, 3.8) is 0 Å². The molecule has 1 fully saturated rings. The Balaban J connectivity index is 0.00000625. The summed E-state index contributed by atoms with van der Waals surface area (Å²) >= 11 is 0. The van der Waals surface area contributed by atoms with Crippen molar-refractivity contribution in [1.29, 1.82) is 0 Å². The van der Waals surface area contributed by atoms with Gasteiger partial charge in [0.2, 0.25) is 5.72 Å². The minimum Gasteiger partial charge on any atom is -1.00 e. The summed E-state index contributed by atoms with van der Waals surface area (Å²) in [5.74, 6) is 0. The summed E-state index contributed by atoms with van der Waals surface area (Å²) in [6.07, 6.45) is 23.1. The topological polar surface area (TPSA) is 12.5 Å². The number of halogens is 1. The van der Waals surface area contributed by atoms with Crippen LogP contribution < -0.4 is 12.4 Å². The van der Waals surface area contributed by atoms with Gasteiger partial charge in [-0.2, -0.15) is 0 Å². The van der Waals surface area contributed by atoms with Crippen molar-refractivity contribution < 1.29 is 21.6 Å². The molecule has 0 saturated carbocycles. The molecular formula is C23H48ClNO. The van der Waals surface area contributed by atoms with Crippen molar-refractivity contribution in [2.75, 3.05) is 27.2 Å². The summed E-state index contributed by atoms with van der Waals surface area (Å²) in [7, 11) is 4.64. The van der Waals surface area contributed by atoms with Gasteiger partial charge in [-0.15, -0.1) is 0 Å². The van der Waals surface area contributed by atoms with E-state index in [2.05, 4.69) is 27.9 Å². The molecule has 0 aromatic carbocycles. The van der Waals surface area contributed by atoms with Crippen LogP contribution in [-0.4, -0.2) is 37.5 Å². The van der Waals surface area contributed by atoms with Crippen LogP contribution in [0.5, 0.6) is 0 Å². The van der Waals surface area contributed by atoms with Gasteiger partial charge in [0.15, 0.2) is 0 Å². The number of unbranched alkanes of at least 4 members (excludes halogenated alkanes) is 15. The predicted molar refractivity (Wildman–Crippen MR) is 111 cm³/mol. The maximum absolute atomic E-state index is 5.61. The van der Waals surface area contributed by atoms with Gasteiger partial charge in [-0.05, 0) is 12.8 Å². The number of hydrogen-bond donors (Lipinski definition) is 0. The third kappa shape index (κ3) is 11.8. The molecule has 0 aromatic rings. The molecule has 0 amide bonds. The molecule has 0 N–H and O–H groups in total. The molecule has 0 spiro atoms. The first-order valence-electron chi connectivity index (χ1n) is 11.5. The maximum atomic E-state index is 5.61. The first kappa shape index (κ1) is 26.2. The Labute approximate surface area is 171 Å². The van der Waals surface area contributed by atoms with Crippen LogP contribution in [0.2, 0.25) is 0 Å². The number of rotatable bonds is 18. The van der Waals surface area contributed by atoms with Gasteiger partial charge in [-0.3, -0.25) is 4.48 Å². The zero-order valence-corrected chi connectivity index (χ0v) is 19.2. The predicted octanol–water partition coefficient (Wildman–Crippen LogP) is 4.07. The minimum atomic E-state index is 0. The Bertz CT molecular complexity index is 315. The molecule has 26 heavy (non-hydrogen) atoms. The Morgan fingerprint density at radius 1 is 0.654 bits per heavy atom. The summed E-state index contributed by atoms with van der Waals surface area (Å²) in [5, 5.41) is 0. The van der Waals surface area contributed by atoms with Gasteiger partial charge in [0, 0.05) is 6.92 Å². The highest BCUT2D eigenvalue weighted by molar-refractivity contribution is 4.75. The maximum Gasteiger partial charge on any atom is 0.224 e. The van der Waals surface area contributed by atoms with Crippen molar-refractivity contribution in [3.05, 3.63) is 0 Å². The molecule has 0 aromatic heterocycles. The first-order chi connectivity index (χ1) is 12.0. The van der Waals surface area contributed by atoms with Crippen LogP contribution in [0.15, 0.2) is 0 Å². The molecule has 0 bridgehead atoms. The molecule has 3 heteroatoms. The second kappa shape index (κ2) is 15.2. The van der Waals surface area contributed by atoms with Gasteiger partial charge in [0.25, 0.3) is 0 Å². The van der Waals surface area contributed by atoms with E-state index in [4.69, 9.17) is 4.74 Å². The molecule has 1 atom stereocenters. The van der Waals surface area contributed by atoms with Crippen molar-refractivity contribution in [2.24, 2.45) is 0 Å². The Morgan fingerprint density at radius 3 is 1.27 bits per heavy atom. The van der Waals surface area contributed by atoms with E-state index in [1.807, 2.05) is 0 Å². The summed E-state index contributed by atoms with van der Waals surface area (Å²) in [5.41, 5.74) is 0.121. The van der Waals surface area contributed by atoms with Crippen molar-refractivity contribution in [2.45, 2.75) is 122 Å². The SMILES string of the molecule is CCCCCCCCCCCCCCCCCC[N+](C)(C)C1(C)CO1.[Cl-]. The highest BCUT2D eigenvalue weighted by atomic mass is 35.5. The monoisotopic (exact) mass is 389 g/mol. The molecule has 1 saturated heterocycles. The lowest BCUT2D eigenvalue weighted by molar-refractivity contribution is -0.935. The fraction of sp³-hybridized carbons (Fsp3) is 1.00. The quantitative estimate of drug-likeness (QED) is 0.195. The summed E-state index contributed by atoms with van der Waals surface area (Å²) in [4.78, 5) is 0. The summed E-state index contributed by atoms with van der Waals surface area (Å²) in [6.45, 7) is 6.75. The van der Waals surface area contributed by atoms with Gasteiger partial charge in [-0.1, -0.05) is 96.8 Å². The fourth-order valence-electron chi connectivity index (χ4n) is 3.75. The fourth-order valence-corrected chi connectivity index (χ4v) is 3.75. The molecule has 0 radical (unpaired) electrons. The molecule has 158 valence electrons. The molecule has 1 aliphatic heterocycles. The Kier molecular flexibility index (Phi) is 15.3. The van der Waals surface area contributed by atoms with E-state index in [0.717, 1.165) is 11.1 Å². The van der Waals surface area contributed by atoms with E-state index in [0.29, 0.717) is 0 Å². The van der Waals surface area contributed by atoms with Crippen LogP contribution in [0.1, 0.15) is 117 Å². The van der Waals surface area contributed by atoms with Crippen LogP contribution in [0.3, 0.4) is 0 Å². The van der Waals surface area contributed by atoms with E-state index < -0.39 is 0 Å². The van der Waals surface area contributed by atoms with Crippen molar-refractivity contribution in [3.8, 4) is 0 Å². The Hall–Kier alpha value is 0.210. The third-order valence-electron chi connectivity index (χ3n) is 6.41. The highest BCUT2D eigenvalue weighted by Gasteiger charge is 2.53. The number of quaternary nitrogens is 1. The van der Waals surface area contributed by atoms with E-state index >= 15 is 0 Å². The van der Waals surface area contributed by atoms with E-state index in [1.54, 1.807) is 0 Å². The van der Waals surface area contributed by atoms with Gasteiger partial charge in [0.05, 0.1) is 20.6 Å². The van der Waals surface area contributed by atoms with Crippen LogP contribution in [0.4, 0.5) is 0 Å². The van der Waals surface area contributed by atoms with Crippen LogP contribution in [0, 0.1) is 0 Å². The largest absolute Gasteiger partial charge is 1.00 e. The zero-order valence-electron chi connectivity index (χ0n) is 18.5. The number of epoxide rings is 1. The molecule has 1 aliphatic rings. The Morgan fingerprint density at radius 2 is 0.962 bits per heavy atom. The normalized spacial score (nSPS) is 19.4. The van der Waals surface area contributed by atoms with E-state index in [1.165, 1.54) is 109 Å². The van der Waals surface area contributed by atoms with Gasteiger partial charge >= 0.3 is 0 Å². The second-order valence-electron chi connectivity index (χ2n) is 9.18. The summed E-state index contributed by atoms with van der Waals surface area (Å²) < 4.78 is 6.65. The lowest BCUT2D eigenvalue weighted by Crippen LogP contribution is -3.00. The molecule has 1 heterocycles. The number of likely N-dealkylation sites (N-methyl/N-ethyl adjacent to an activating group) is 1. The zero-order chi connectivity index (χ0) is 18.4. The number of hydrogen-bond acceptors (Lipinski definition) is 1. The summed E-state index contributed by atoms with van der Waals surface area (Å²) in [6, 6.07) is 0. The van der Waals surface area contributed by atoms with E-state index in [9.17, 15) is 0 Å². The van der Waals surface area contributed by atoms with Crippen molar-refractivity contribution in [1.82, 2.24) is 0 Å². The van der Waals surface area contributed by atoms with Crippen molar-refractivity contribution >= 4 is 0 Å². The molecule has 1 rings (SSSR count). The minimum absolute atomic E-state index is 0. The van der Waals surface area contributed by atoms with Gasteiger partial charge < -0.3 is 17.1 Å². The first-order valence-corrected chi connectivity index (χ1v) is 11.5. The van der Waals surface area contributed by atoms with Crippen LogP contribution >= 0.6 is 0 Å². The molecular weight excluding hydrogens is 342 g/mol. The van der Waals surface area contributed by atoms with Crippen LogP contribution in [0.25, 0.3) is 0 Å². The lowest BCUT2D eigenvalue weighted by atomic mass is 10.0. The standard InChI is InChI=1S/C23H48NO.ClH/c1-5-6-7-8-9-10-11-12-13-14-15-16-17-18-19-20-21-24(3,4)23(2)22-25-23;/h5-22H2,1-4H3;1H/q+1;/p-1. The lowest BCUT2D eigenvalue weighted by Gasteiger charge is -2.33. The van der Waals surface area contributed by atoms with Gasteiger partial charge in [0.1, 0.15) is 6.61 Å². The number of nitrogens with zero attached hydrogens (tertiary/aromatic N) is 1. The highest BCUT2D eigenvalue weighted by Crippen LogP contribution is 2.35. The number of ether oxygens (including phenoxy) is 1. The van der Waals surface area contributed by atoms with E-state index in [-0.39, 0.29) is 18.1 Å². The second-order valence-corrected chi connectivity index (χ2v) is 9.18. The van der Waals surface area contributed by atoms with Crippen LogP contribution in [-0.2, 0) is 4.74 Å². The molecule has 0 aliphatic carbocycles. The average molecular weight is 390 g/mol. The van der Waals surface area contributed by atoms with Gasteiger partial charge in [-0.25, -0.2) is 0 Å². The molecule has 1 unspecified atom stereocenters.